The van der Waals surface area contributed by atoms with Crippen LogP contribution in [0.4, 0.5) is 0 Å². The maximum Gasteiger partial charge on any atom is 0.119 e. The molecule has 0 aliphatic carbocycles. The van der Waals surface area contributed by atoms with E-state index in [4.69, 9.17) is 9.84 Å². The monoisotopic (exact) mass is 271 g/mol. The minimum atomic E-state index is 0.165. The van der Waals surface area contributed by atoms with Gasteiger partial charge in [0, 0.05) is 26.1 Å². The summed E-state index contributed by atoms with van der Waals surface area (Å²) in [5, 5.41) is 12.2. The van der Waals surface area contributed by atoms with Crippen molar-refractivity contribution < 1.29 is 9.84 Å². The van der Waals surface area contributed by atoms with Crippen molar-refractivity contribution in [3.8, 4) is 5.75 Å². The van der Waals surface area contributed by atoms with Crippen LogP contribution < -0.4 is 10.1 Å². The molecule has 0 unspecified atom stereocenters. The molecule has 2 N–H and O–H groups in total. The van der Waals surface area contributed by atoms with Crippen molar-refractivity contribution in [2.45, 2.75) is 19.5 Å². The molecule has 0 amide bonds. The summed E-state index contributed by atoms with van der Waals surface area (Å²) in [5.74, 6) is 0.859. The maximum atomic E-state index is 8.73. The molecule has 0 aliphatic heterocycles. The third-order valence-electron chi connectivity index (χ3n) is 2.97. The van der Waals surface area contributed by atoms with E-state index < -0.39 is 0 Å². The summed E-state index contributed by atoms with van der Waals surface area (Å²) >= 11 is 0. The van der Waals surface area contributed by atoms with Gasteiger partial charge in [0.2, 0.25) is 0 Å². The van der Waals surface area contributed by atoms with Crippen molar-refractivity contribution in [2.24, 2.45) is 0 Å². The normalized spacial score (nSPS) is 10.4. The molecule has 0 saturated heterocycles. The second-order valence-corrected chi connectivity index (χ2v) is 4.66. The molecule has 0 aliphatic rings. The van der Waals surface area contributed by atoms with E-state index in [0.717, 1.165) is 18.8 Å². The lowest BCUT2D eigenvalue weighted by Crippen LogP contribution is -2.12. The fraction of sp³-hybridized carbons (Fsp3) is 0.294. The lowest BCUT2D eigenvalue weighted by molar-refractivity contribution is 0.233. The zero-order chi connectivity index (χ0) is 14.0. The Labute approximate surface area is 120 Å². The summed E-state index contributed by atoms with van der Waals surface area (Å²) in [4.78, 5) is 0. The summed E-state index contributed by atoms with van der Waals surface area (Å²) in [6.07, 6.45) is 0.663. The lowest BCUT2D eigenvalue weighted by Gasteiger charge is -2.08. The summed E-state index contributed by atoms with van der Waals surface area (Å²) in [6, 6.07) is 18.4. The van der Waals surface area contributed by atoms with Gasteiger partial charge in [-0.3, -0.25) is 0 Å². The minimum Gasteiger partial charge on any atom is -0.493 e. The third-order valence-corrected chi connectivity index (χ3v) is 2.97. The van der Waals surface area contributed by atoms with Gasteiger partial charge in [-0.25, -0.2) is 0 Å². The highest BCUT2D eigenvalue weighted by molar-refractivity contribution is 5.28. The van der Waals surface area contributed by atoms with Crippen molar-refractivity contribution >= 4 is 0 Å². The van der Waals surface area contributed by atoms with Crippen LogP contribution in [0.3, 0.4) is 0 Å². The van der Waals surface area contributed by atoms with E-state index in [2.05, 4.69) is 23.5 Å². The van der Waals surface area contributed by atoms with E-state index in [0.29, 0.717) is 13.0 Å². The van der Waals surface area contributed by atoms with Gasteiger partial charge in [0.25, 0.3) is 0 Å². The SMILES string of the molecule is OCCCOc1cccc(CNCc2ccccc2)c1. The van der Waals surface area contributed by atoms with Gasteiger partial charge in [-0.05, 0) is 23.3 Å². The van der Waals surface area contributed by atoms with Crippen LogP contribution in [0.25, 0.3) is 0 Å². The Bertz CT molecular complexity index is 499. The van der Waals surface area contributed by atoms with E-state index in [1.165, 1.54) is 11.1 Å². The van der Waals surface area contributed by atoms with E-state index in [1.807, 2.05) is 36.4 Å². The summed E-state index contributed by atoms with van der Waals surface area (Å²) < 4.78 is 5.56. The van der Waals surface area contributed by atoms with Crippen molar-refractivity contribution in [2.75, 3.05) is 13.2 Å². The number of hydrogen-bond acceptors (Lipinski definition) is 3. The van der Waals surface area contributed by atoms with Gasteiger partial charge in [0.1, 0.15) is 5.75 Å². The fourth-order valence-corrected chi connectivity index (χ4v) is 1.95. The predicted octanol–water partition coefficient (Wildman–Crippen LogP) is 2.74. The fourth-order valence-electron chi connectivity index (χ4n) is 1.95. The number of rotatable bonds is 8. The molecule has 2 aromatic rings. The van der Waals surface area contributed by atoms with Crippen LogP contribution in [0.2, 0.25) is 0 Å². The summed E-state index contributed by atoms with van der Waals surface area (Å²) in [7, 11) is 0. The number of nitrogens with one attached hydrogen (secondary N) is 1. The summed E-state index contributed by atoms with van der Waals surface area (Å²) in [6.45, 7) is 2.39. The van der Waals surface area contributed by atoms with E-state index in [9.17, 15) is 0 Å². The largest absolute Gasteiger partial charge is 0.493 e. The van der Waals surface area contributed by atoms with Gasteiger partial charge in [0.15, 0.2) is 0 Å². The molecule has 20 heavy (non-hydrogen) atoms. The zero-order valence-electron chi connectivity index (χ0n) is 11.6. The van der Waals surface area contributed by atoms with Crippen LogP contribution in [-0.4, -0.2) is 18.3 Å². The van der Waals surface area contributed by atoms with Gasteiger partial charge >= 0.3 is 0 Å². The molecule has 2 aromatic carbocycles. The Morgan fingerprint density at radius 3 is 2.45 bits per heavy atom. The topological polar surface area (TPSA) is 41.5 Å². The van der Waals surface area contributed by atoms with Crippen LogP contribution in [0.1, 0.15) is 17.5 Å². The highest BCUT2D eigenvalue weighted by Gasteiger charge is 1.98. The van der Waals surface area contributed by atoms with E-state index >= 15 is 0 Å². The first kappa shape index (κ1) is 14.6. The Morgan fingerprint density at radius 1 is 0.900 bits per heavy atom. The molecular formula is C17H21NO2. The molecule has 3 heteroatoms. The van der Waals surface area contributed by atoms with Gasteiger partial charge in [-0.15, -0.1) is 0 Å². The van der Waals surface area contributed by atoms with Crippen LogP contribution in [0, 0.1) is 0 Å². The molecule has 0 fully saturated rings. The first-order valence-electron chi connectivity index (χ1n) is 6.96. The Hall–Kier alpha value is -1.84. The van der Waals surface area contributed by atoms with E-state index in [1.54, 1.807) is 0 Å². The van der Waals surface area contributed by atoms with Gasteiger partial charge in [-0.1, -0.05) is 42.5 Å². The van der Waals surface area contributed by atoms with Crippen LogP contribution in [0.5, 0.6) is 5.75 Å². The predicted molar refractivity (Wildman–Crippen MR) is 80.6 cm³/mol. The first-order chi connectivity index (χ1) is 9.88. The molecule has 0 heterocycles. The average molecular weight is 271 g/mol. The van der Waals surface area contributed by atoms with E-state index in [-0.39, 0.29) is 6.61 Å². The number of hydrogen-bond donors (Lipinski definition) is 2. The standard InChI is InChI=1S/C17H21NO2/c19-10-5-11-20-17-9-4-8-16(12-17)14-18-13-15-6-2-1-3-7-15/h1-4,6-9,12,18-19H,5,10-11,13-14H2. The molecule has 0 radical (unpaired) electrons. The smallest absolute Gasteiger partial charge is 0.119 e. The average Bonchev–Trinajstić information content (AvgIpc) is 2.49. The van der Waals surface area contributed by atoms with Gasteiger partial charge in [-0.2, -0.15) is 0 Å². The highest BCUT2D eigenvalue weighted by Crippen LogP contribution is 2.13. The molecule has 2 rings (SSSR count). The molecule has 0 atom stereocenters. The summed E-state index contributed by atoms with van der Waals surface area (Å²) in [5.41, 5.74) is 2.48. The maximum absolute atomic E-state index is 8.73. The second kappa shape index (κ2) is 8.35. The molecule has 3 nitrogen and oxygen atoms in total. The number of benzene rings is 2. The van der Waals surface area contributed by atoms with Crippen LogP contribution >= 0.6 is 0 Å². The molecule has 0 spiro atoms. The second-order valence-electron chi connectivity index (χ2n) is 4.66. The molecule has 0 saturated carbocycles. The first-order valence-corrected chi connectivity index (χ1v) is 6.96. The zero-order valence-corrected chi connectivity index (χ0v) is 11.6. The minimum absolute atomic E-state index is 0.165. The van der Waals surface area contributed by atoms with Crippen molar-refractivity contribution in [3.63, 3.8) is 0 Å². The van der Waals surface area contributed by atoms with Gasteiger partial charge in [0.05, 0.1) is 6.61 Å². The molecule has 0 aromatic heterocycles. The quantitative estimate of drug-likeness (QED) is 0.725. The third kappa shape index (κ3) is 5.03. The number of ether oxygens (including phenoxy) is 1. The van der Waals surface area contributed by atoms with Crippen LogP contribution in [-0.2, 0) is 13.1 Å². The van der Waals surface area contributed by atoms with Crippen LogP contribution in [0.15, 0.2) is 54.6 Å². The molecular weight excluding hydrogens is 250 g/mol. The van der Waals surface area contributed by atoms with Crippen molar-refractivity contribution in [1.29, 1.82) is 0 Å². The molecule has 0 bridgehead atoms. The highest BCUT2D eigenvalue weighted by atomic mass is 16.5. The van der Waals surface area contributed by atoms with Gasteiger partial charge < -0.3 is 15.2 Å². The van der Waals surface area contributed by atoms with Crippen molar-refractivity contribution in [1.82, 2.24) is 5.32 Å². The Morgan fingerprint density at radius 2 is 1.65 bits per heavy atom. The Kier molecular flexibility index (Phi) is 6.08. The van der Waals surface area contributed by atoms with Crippen molar-refractivity contribution in [3.05, 3.63) is 65.7 Å². The number of aliphatic hydroxyl groups excluding tert-OH is 1. The Balaban J connectivity index is 1.79. The lowest BCUT2D eigenvalue weighted by atomic mass is 10.2. The molecule has 106 valence electrons. The number of aliphatic hydroxyl groups is 1.